The Morgan fingerprint density at radius 3 is 1.79 bits per heavy atom. The quantitative estimate of drug-likeness (QED) is 0.142. The van der Waals surface area contributed by atoms with Gasteiger partial charge in [0.15, 0.2) is 0 Å². The first kappa shape index (κ1) is 41.4. The fourth-order valence-corrected chi connectivity index (χ4v) is 7.93. The average Bonchev–Trinajstić information content (AvgIpc) is 3.66. The Hall–Kier alpha value is -6.35. The van der Waals surface area contributed by atoms with E-state index in [1.807, 2.05) is 24.4 Å². The number of fused-ring (bicyclic) bond motifs is 1. The van der Waals surface area contributed by atoms with Crippen LogP contribution in [-0.2, 0) is 31.9 Å². The maximum Gasteiger partial charge on any atom is 2.00 e. The molecule has 0 bridgehead atoms. The van der Waals surface area contributed by atoms with Crippen molar-refractivity contribution < 1.29 is 21.1 Å². The van der Waals surface area contributed by atoms with Crippen LogP contribution in [0.2, 0.25) is 0 Å². The largest absolute Gasteiger partial charge is 2.00 e. The van der Waals surface area contributed by atoms with Gasteiger partial charge in [0.1, 0.15) is 5.82 Å². The van der Waals surface area contributed by atoms with Gasteiger partial charge in [0.2, 0.25) is 0 Å². The molecule has 5 heteroatoms. The fraction of sp³-hybridized carbons (Fsp3) is 0.143. The number of nitrogens with zero attached hydrogens (tertiary/aromatic N) is 4. The Labute approximate surface area is 374 Å². The molecule has 0 amide bonds. The van der Waals surface area contributed by atoms with Crippen LogP contribution < -0.4 is 0 Å². The summed E-state index contributed by atoms with van der Waals surface area (Å²) in [4.78, 5) is 10.6. The Balaban J connectivity index is 0.00000514. The number of hydrogen-bond acceptors (Lipinski definition) is 2. The molecule has 0 atom stereocenters. The van der Waals surface area contributed by atoms with Crippen molar-refractivity contribution in [2.75, 3.05) is 0 Å². The molecule has 0 N–H and O–H groups in total. The molecule has 0 aliphatic heterocycles. The van der Waals surface area contributed by atoms with E-state index in [1.54, 1.807) is 0 Å². The maximum absolute atomic E-state index is 5.64. The number of rotatable bonds is 8. The molecule has 61 heavy (non-hydrogen) atoms. The number of imidazole rings is 1. The van der Waals surface area contributed by atoms with Crippen LogP contribution in [0.25, 0.3) is 78.1 Å². The first-order valence-corrected chi connectivity index (χ1v) is 20.7. The van der Waals surface area contributed by atoms with E-state index in [1.165, 1.54) is 11.1 Å². The van der Waals surface area contributed by atoms with Crippen LogP contribution in [0, 0.1) is 6.07 Å². The summed E-state index contributed by atoms with van der Waals surface area (Å²) < 4.78 is 2.33. The summed E-state index contributed by atoms with van der Waals surface area (Å²) in [6, 6.07) is 65.4. The minimum atomic E-state index is -0.127. The van der Waals surface area contributed by atoms with Gasteiger partial charge in [-0.15, -0.1) is 47.3 Å². The van der Waals surface area contributed by atoms with Crippen LogP contribution in [-0.4, -0.2) is 14.5 Å². The van der Waals surface area contributed by atoms with Crippen molar-refractivity contribution in [3.05, 3.63) is 205 Å². The van der Waals surface area contributed by atoms with Gasteiger partial charge in [-0.25, -0.2) is 4.98 Å². The molecule has 9 rings (SSSR count). The van der Waals surface area contributed by atoms with Crippen LogP contribution in [0.4, 0.5) is 11.4 Å². The molecule has 2 heterocycles. The number of aromatic nitrogens is 3. The van der Waals surface area contributed by atoms with Gasteiger partial charge in [0.05, 0.1) is 22.4 Å². The third-order valence-electron chi connectivity index (χ3n) is 11.3. The first-order valence-electron chi connectivity index (χ1n) is 20.7. The average molecular weight is 972 g/mol. The molecule has 0 unspecified atom stereocenters. The molecule has 4 nitrogen and oxygen atoms in total. The maximum atomic E-state index is 5.64. The molecular formula is C56H48N4Pt. The summed E-state index contributed by atoms with van der Waals surface area (Å²) in [5, 5.41) is 5.61. The van der Waals surface area contributed by atoms with E-state index in [0.29, 0.717) is 0 Å². The van der Waals surface area contributed by atoms with E-state index in [2.05, 4.69) is 210 Å². The van der Waals surface area contributed by atoms with Crippen LogP contribution >= 0.6 is 0 Å². The van der Waals surface area contributed by atoms with Gasteiger partial charge in [-0.3, -0.25) is 9.55 Å². The fourth-order valence-electron chi connectivity index (χ4n) is 7.93. The summed E-state index contributed by atoms with van der Waals surface area (Å²) in [5.74, 6) is 0.818. The molecule has 0 fully saturated rings. The van der Waals surface area contributed by atoms with Crippen molar-refractivity contribution in [2.45, 2.75) is 52.4 Å². The van der Waals surface area contributed by atoms with Gasteiger partial charge in [-0.1, -0.05) is 168 Å². The number of hydrogen-bond donors (Lipinski definition) is 0. The minimum Gasteiger partial charge on any atom is -0.657 e. The number of pyridine rings is 1. The van der Waals surface area contributed by atoms with Crippen molar-refractivity contribution in [3.63, 3.8) is 0 Å². The molecule has 0 aliphatic rings. The van der Waals surface area contributed by atoms with Crippen LogP contribution in [0.15, 0.2) is 182 Å². The first-order chi connectivity index (χ1) is 29.0. The van der Waals surface area contributed by atoms with Crippen LogP contribution in [0.3, 0.4) is 0 Å². The van der Waals surface area contributed by atoms with Crippen LogP contribution in [0.1, 0.15) is 52.7 Å². The van der Waals surface area contributed by atoms with Crippen LogP contribution in [0.5, 0.6) is 0 Å². The molecule has 302 valence electrons. The third-order valence-corrected chi connectivity index (χ3v) is 11.3. The summed E-state index contributed by atoms with van der Waals surface area (Å²) in [6.45, 7) is 13.5. The SMILES string of the molecule is CC(C)(C)c1ccc([N-]c2ccc(C(C)(C)C)cc2-c2nc3c(-c4[c-]cccc4)cccc3n2-c2ccccc2-c2ccccc2)c(-c2cc(-c3ccccc3)ccn2)c1.[Pt+2]. The van der Waals surface area contributed by atoms with E-state index in [-0.39, 0.29) is 31.9 Å². The zero-order chi connectivity index (χ0) is 41.4. The van der Waals surface area contributed by atoms with Crippen molar-refractivity contribution in [1.29, 1.82) is 0 Å². The van der Waals surface area contributed by atoms with Crippen molar-refractivity contribution in [1.82, 2.24) is 14.5 Å². The molecule has 0 radical (unpaired) electrons. The van der Waals surface area contributed by atoms with Gasteiger partial charge in [0.25, 0.3) is 0 Å². The van der Waals surface area contributed by atoms with Gasteiger partial charge < -0.3 is 5.32 Å². The Kier molecular flexibility index (Phi) is 11.5. The van der Waals surface area contributed by atoms with Gasteiger partial charge >= 0.3 is 21.1 Å². The molecular weight excluding hydrogens is 924 g/mol. The van der Waals surface area contributed by atoms with E-state index in [4.69, 9.17) is 15.3 Å². The summed E-state index contributed by atoms with van der Waals surface area (Å²) >= 11 is 0. The smallest absolute Gasteiger partial charge is 0.657 e. The second-order valence-corrected chi connectivity index (χ2v) is 17.5. The molecule has 0 saturated heterocycles. The Morgan fingerprint density at radius 2 is 1.11 bits per heavy atom. The second kappa shape index (κ2) is 17.0. The second-order valence-electron chi connectivity index (χ2n) is 17.5. The van der Waals surface area contributed by atoms with E-state index < -0.39 is 0 Å². The molecule has 0 saturated carbocycles. The predicted octanol–water partition coefficient (Wildman–Crippen LogP) is 15.5. The topological polar surface area (TPSA) is 44.8 Å². The minimum absolute atomic E-state index is 0. The van der Waals surface area contributed by atoms with Crippen molar-refractivity contribution in [2.24, 2.45) is 0 Å². The van der Waals surface area contributed by atoms with Crippen molar-refractivity contribution >= 4 is 22.4 Å². The molecule has 0 spiro atoms. The summed E-state index contributed by atoms with van der Waals surface area (Å²) in [5.41, 5.74) is 16.2. The monoisotopic (exact) mass is 971 g/mol. The zero-order valence-corrected chi connectivity index (χ0v) is 37.7. The third kappa shape index (κ3) is 8.38. The van der Waals surface area contributed by atoms with Crippen molar-refractivity contribution in [3.8, 4) is 61.7 Å². The molecule has 2 aromatic heterocycles. The summed E-state index contributed by atoms with van der Waals surface area (Å²) in [7, 11) is 0. The predicted molar refractivity (Wildman–Crippen MR) is 251 cm³/mol. The standard InChI is InChI=1S/C56H48N4.Pt/c1-55(2,3)42-29-31-48(46(36-42)50-35-41(33-34-57-50)38-19-10-7-11-20-38)58-49-32-30-43(56(4,5)6)37-47(49)54-59-53-45(40-23-14-9-15-24-40)26-18-28-52(53)60(54)51-27-17-16-25-44(51)39-21-12-8-13-22-39;/h7-23,25-37H,1-6H3;/q-2;+2. The van der Waals surface area contributed by atoms with Gasteiger partial charge in [-0.05, 0) is 74.5 Å². The van der Waals surface area contributed by atoms with Gasteiger partial charge in [0, 0.05) is 17.3 Å². The van der Waals surface area contributed by atoms with E-state index in [9.17, 15) is 0 Å². The summed E-state index contributed by atoms with van der Waals surface area (Å²) in [6.07, 6.45) is 1.91. The Morgan fingerprint density at radius 1 is 0.508 bits per heavy atom. The normalized spacial score (nSPS) is 11.6. The van der Waals surface area contributed by atoms with E-state index in [0.717, 1.165) is 84.1 Å². The number of para-hydroxylation sites is 2. The van der Waals surface area contributed by atoms with Gasteiger partial charge in [-0.2, -0.15) is 0 Å². The zero-order valence-electron chi connectivity index (χ0n) is 35.4. The Bertz CT molecular complexity index is 2960. The molecule has 9 aromatic rings. The molecule has 0 aliphatic carbocycles. The van der Waals surface area contributed by atoms with E-state index >= 15 is 0 Å². The number of benzene rings is 7. The molecule has 7 aromatic carbocycles.